The van der Waals surface area contributed by atoms with E-state index in [1.54, 1.807) is 16.7 Å². The second-order valence-corrected chi connectivity index (χ2v) is 8.42. The second kappa shape index (κ2) is 7.10. The monoisotopic (exact) mass is 406 g/mol. The molecule has 0 spiro atoms. The molecule has 2 heterocycles. The number of anilines is 1. The molecule has 0 bridgehead atoms. The van der Waals surface area contributed by atoms with Gasteiger partial charge in [-0.25, -0.2) is 0 Å². The van der Waals surface area contributed by atoms with Crippen LogP contribution in [-0.4, -0.2) is 25.8 Å². The van der Waals surface area contributed by atoms with Crippen LogP contribution in [0.2, 0.25) is 10.0 Å². The van der Waals surface area contributed by atoms with Crippen LogP contribution >= 0.6 is 35.0 Å². The highest BCUT2D eigenvalue weighted by molar-refractivity contribution is 8.00. The van der Waals surface area contributed by atoms with Gasteiger partial charge < -0.3 is 5.32 Å². The first-order valence-electron chi connectivity index (χ1n) is 8.30. The molecule has 0 unspecified atom stereocenters. The van der Waals surface area contributed by atoms with Crippen LogP contribution in [0.3, 0.4) is 0 Å². The number of aryl methyl sites for hydroxylation is 2. The van der Waals surface area contributed by atoms with E-state index in [2.05, 4.69) is 27.6 Å². The Bertz CT molecular complexity index is 1000. The van der Waals surface area contributed by atoms with Gasteiger partial charge in [0.05, 0.1) is 15.3 Å². The number of carbonyl (C=O) groups is 1. The Morgan fingerprint density at radius 2 is 2.04 bits per heavy atom. The molecule has 1 amide bonds. The molecule has 2 aromatic heterocycles. The van der Waals surface area contributed by atoms with Crippen LogP contribution in [0.4, 0.5) is 5.69 Å². The summed E-state index contributed by atoms with van der Waals surface area (Å²) in [5.74, 6) is -0.0854. The van der Waals surface area contributed by atoms with Gasteiger partial charge in [-0.3, -0.25) is 9.20 Å². The molecular formula is C18H16Cl2N4OS. The normalized spacial score (nSPS) is 14.4. The van der Waals surface area contributed by atoms with Crippen molar-refractivity contribution in [2.45, 2.75) is 36.6 Å². The Morgan fingerprint density at radius 1 is 1.23 bits per heavy atom. The van der Waals surface area contributed by atoms with Crippen molar-refractivity contribution in [1.29, 1.82) is 0 Å². The van der Waals surface area contributed by atoms with E-state index in [4.69, 9.17) is 23.2 Å². The van der Waals surface area contributed by atoms with Gasteiger partial charge in [-0.15, -0.1) is 10.2 Å². The summed E-state index contributed by atoms with van der Waals surface area (Å²) in [6.45, 7) is 1.83. The number of carbonyl (C=O) groups excluding carboxylic acids is 1. The zero-order chi connectivity index (χ0) is 18.3. The Kier molecular flexibility index (Phi) is 4.82. The van der Waals surface area contributed by atoms with Crippen molar-refractivity contribution in [1.82, 2.24) is 14.6 Å². The minimum atomic E-state index is -0.353. The summed E-state index contributed by atoms with van der Waals surface area (Å²) in [7, 11) is 0. The number of aromatic nitrogens is 3. The maximum atomic E-state index is 12.6. The van der Waals surface area contributed by atoms with Crippen molar-refractivity contribution in [2.75, 3.05) is 5.32 Å². The van der Waals surface area contributed by atoms with Crippen LogP contribution in [0.1, 0.15) is 24.5 Å². The Hall–Kier alpha value is -1.76. The zero-order valence-electron chi connectivity index (χ0n) is 14.0. The third kappa shape index (κ3) is 3.41. The van der Waals surface area contributed by atoms with E-state index in [0.717, 1.165) is 18.5 Å². The third-order valence-corrected chi connectivity index (χ3v) is 5.95. The van der Waals surface area contributed by atoms with Gasteiger partial charge in [0, 0.05) is 11.9 Å². The van der Waals surface area contributed by atoms with E-state index >= 15 is 0 Å². The lowest BCUT2D eigenvalue weighted by molar-refractivity contribution is -0.115. The molecule has 0 fully saturated rings. The molecule has 1 aromatic carbocycles. The van der Waals surface area contributed by atoms with Gasteiger partial charge >= 0.3 is 0 Å². The quantitative estimate of drug-likeness (QED) is 0.640. The van der Waals surface area contributed by atoms with Gasteiger partial charge in [0.2, 0.25) is 5.91 Å². The summed E-state index contributed by atoms with van der Waals surface area (Å²) in [5.41, 5.74) is 4.06. The topological polar surface area (TPSA) is 59.3 Å². The van der Waals surface area contributed by atoms with Crippen molar-refractivity contribution < 1.29 is 4.79 Å². The molecule has 134 valence electrons. The predicted molar refractivity (Wildman–Crippen MR) is 105 cm³/mol. The highest BCUT2D eigenvalue weighted by atomic mass is 35.5. The fourth-order valence-corrected chi connectivity index (χ4v) is 4.42. The van der Waals surface area contributed by atoms with Gasteiger partial charge in [-0.05, 0) is 55.5 Å². The lowest BCUT2D eigenvalue weighted by Crippen LogP contribution is -2.22. The first-order valence-corrected chi connectivity index (χ1v) is 9.94. The molecule has 0 saturated carbocycles. The lowest BCUT2D eigenvalue weighted by atomic mass is 10.1. The minimum Gasteiger partial charge on any atom is -0.325 e. The number of thioether (sulfide) groups is 1. The van der Waals surface area contributed by atoms with E-state index in [0.29, 0.717) is 20.8 Å². The average molecular weight is 407 g/mol. The molecule has 0 radical (unpaired) electrons. The van der Waals surface area contributed by atoms with Crippen molar-refractivity contribution >= 4 is 52.2 Å². The molecule has 5 nitrogen and oxygen atoms in total. The van der Waals surface area contributed by atoms with Gasteiger partial charge in [-0.1, -0.05) is 41.0 Å². The molecule has 1 atom stereocenters. The number of rotatable bonds is 4. The standard InChI is InChI=1S/C18H16Cl2N4OS/c1-10(17(25)21-14-6-5-11-3-2-4-12(11)7-14)26-18-23-22-16-15(20)8-13(19)9-24(16)18/h5-10H,2-4H2,1H3,(H,21,25)/t10-/m1/s1. The zero-order valence-corrected chi connectivity index (χ0v) is 16.3. The maximum Gasteiger partial charge on any atom is 0.237 e. The van der Waals surface area contributed by atoms with Gasteiger partial charge in [0.1, 0.15) is 0 Å². The number of hydrogen-bond donors (Lipinski definition) is 1. The summed E-state index contributed by atoms with van der Waals surface area (Å²) >= 11 is 13.5. The number of nitrogens with zero attached hydrogens (tertiary/aromatic N) is 3. The molecule has 1 aliphatic carbocycles. The van der Waals surface area contributed by atoms with Crippen LogP contribution in [0.5, 0.6) is 0 Å². The molecule has 0 aliphatic heterocycles. The molecular weight excluding hydrogens is 391 g/mol. The molecule has 8 heteroatoms. The van der Waals surface area contributed by atoms with Crippen molar-refractivity contribution in [3.63, 3.8) is 0 Å². The SMILES string of the molecule is C[C@@H](Sc1nnc2c(Cl)cc(Cl)cn12)C(=O)Nc1ccc2c(c1)CCC2. The lowest BCUT2D eigenvalue weighted by Gasteiger charge is -2.12. The van der Waals surface area contributed by atoms with Crippen LogP contribution in [0, 0.1) is 0 Å². The molecule has 26 heavy (non-hydrogen) atoms. The number of hydrogen-bond acceptors (Lipinski definition) is 4. The summed E-state index contributed by atoms with van der Waals surface area (Å²) in [6.07, 6.45) is 5.08. The second-order valence-electron chi connectivity index (χ2n) is 6.27. The summed E-state index contributed by atoms with van der Waals surface area (Å²) < 4.78 is 1.70. The van der Waals surface area contributed by atoms with E-state index in [1.165, 1.54) is 29.3 Å². The summed E-state index contributed by atoms with van der Waals surface area (Å²) in [5, 5.41) is 12.3. The van der Waals surface area contributed by atoms with Gasteiger partial charge in [-0.2, -0.15) is 0 Å². The molecule has 3 aromatic rings. The maximum absolute atomic E-state index is 12.6. The molecule has 1 N–H and O–H groups in total. The van der Waals surface area contributed by atoms with Crippen molar-refractivity contribution in [3.8, 4) is 0 Å². The highest BCUT2D eigenvalue weighted by Gasteiger charge is 2.20. The number of amides is 1. The molecule has 0 saturated heterocycles. The smallest absolute Gasteiger partial charge is 0.237 e. The number of benzene rings is 1. The fraction of sp³-hybridized carbons (Fsp3) is 0.278. The van der Waals surface area contributed by atoms with E-state index in [-0.39, 0.29) is 11.2 Å². The Labute approximate surface area is 165 Å². The van der Waals surface area contributed by atoms with Crippen molar-refractivity contribution in [2.24, 2.45) is 0 Å². The molecule has 1 aliphatic rings. The largest absolute Gasteiger partial charge is 0.325 e. The number of fused-ring (bicyclic) bond motifs is 2. The fourth-order valence-electron chi connectivity index (χ4n) is 3.09. The highest BCUT2D eigenvalue weighted by Crippen LogP contribution is 2.29. The van der Waals surface area contributed by atoms with E-state index in [9.17, 15) is 4.79 Å². The third-order valence-electron chi connectivity index (χ3n) is 4.41. The number of pyridine rings is 1. The first-order chi connectivity index (χ1) is 12.5. The summed E-state index contributed by atoms with van der Waals surface area (Å²) in [4.78, 5) is 12.6. The Morgan fingerprint density at radius 3 is 2.88 bits per heavy atom. The molecule has 4 rings (SSSR count). The number of nitrogens with one attached hydrogen (secondary N) is 1. The van der Waals surface area contributed by atoms with Crippen LogP contribution in [0.25, 0.3) is 5.65 Å². The minimum absolute atomic E-state index is 0.0854. The van der Waals surface area contributed by atoms with Crippen LogP contribution < -0.4 is 5.32 Å². The van der Waals surface area contributed by atoms with E-state index in [1.807, 2.05) is 13.0 Å². The van der Waals surface area contributed by atoms with Crippen LogP contribution in [-0.2, 0) is 17.6 Å². The van der Waals surface area contributed by atoms with E-state index < -0.39 is 0 Å². The first kappa shape index (κ1) is 17.6. The predicted octanol–water partition coefficient (Wildman–Crippen LogP) is 4.64. The van der Waals surface area contributed by atoms with Crippen LogP contribution in [0.15, 0.2) is 35.6 Å². The average Bonchev–Trinajstić information content (AvgIpc) is 3.21. The van der Waals surface area contributed by atoms with Crippen molar-refractivity contribution in [3.05, 3.63) is 51.6 Å². The van der Waals surface area contributed by atoms with Gasteiger partial charge in [0.25, 0.3) is 0 Å². The summed E-state index contributed by atoms with van der Waals surface area (Å²) in [6, 6.07) is 7.76. The number of halogens is 2. The Balaban J connectivity index is 1.49. The van der Waals surface area contributed by atoms with Gasteiger partial charge in [0.15, 0.2) is 10.8 Å².